The summed E-state index contributed by atoms with van der Waals surface area (Å²) in [5.74, 6) is 0. The van der Waals surface area contributed by atoms with Crippen molar-refractivity contribution in [1.82, 2.24) is 18.3 Å². The van der Waals surface area contributed by atoms with Gasteiger partial charge in [0.05, 0.1) is 60.9 Å². The second-order valence-corrected chi connectivity index (χ2v) is 37.1. The van der Waals surface area contributed by atoms with Crippen LogP contribution < -0.4 is 0 Å². The molecule has 0 N–H and O–H groups in total. The topological polar surface area (TPSA) is 72.3 Å². The molecule has 0 amide bonds. The first-order chi connectivity index (χ1) is 65.1. The number of nitrogens with zero attached hydrogens (tertiary/aromatic N) is 4. The summed E-state index contributed by atoms with van der Waals surface area (Å²) in [6.45, 7) is 0. The van der Waals surface area contributed by atoms with Crippen molar-refractivity contribution >= 4 is 239 Å². The van der Waals surface area contributed by atoms with Crippen molar-refractivity contribution < 1.29 is 17.7 Å². The predicted octanol–water partition coefficient (Wildman–Crippen LogP) is 36.5. The fourth-order valence-electron chi connectivity index (χ4n) is 19.9. The highest BCUT2D eigenvalue weighted by Gasteiger charge is 2.24. The molecule has 8 aromatic heterocycles. The van der Waals surface area contributed by atoms with E-state index in [4.69, 9.17) is 17.7 Å². The van der Waals surface area contributed by atoms with Gasteiger partial charge in [-0.25, -0.2) is 0 Å². The smallest absolute Gasteiger partial charge is 0.159 e. The lowest BCUT2D eigenvalue weighted by Crippen LogP contribution is -1.94. The number of halogens is 4. The van der Waals surface area contributed by atoms with Gasteiger partial charge in [-0.1, -0.05) is 300 Å². The monoisotopic (exact) mass is 1950 g/mol. The van der Waals surface area contributed by atoms with E-state index < -0.39 is 0 Å². The van der Waals surface area contributed by atoms with Crippen LogP contribution in [-0.2, 0) is 0 Å². The fourth-order valence-corrected chi connectivity index (χ4v) is 21.5. The van der Waals surface area contributed by atoms with E-state index >= 15 is 0 Å². The third-order valence-corrected chi connectivity index (χ3v) is 27.8. The van der Waals surface area contributed by atoms with Gasteiger partial charge in [-0.2, -0.15) is 0 Å². The van der Waals surface area contributed by atoms with Gasteiger partial charge in [-0.15, -0.1) is 0 Å². The Bertz CT molecular complexity index is 9520. The average molecular weight is 1950 g/mol. The first kappa shape index (κ1) is 78.9. The molecule has 0 bridgehead atoms. The van der Waals surface area contributed by atoms with Gasteiger partial charge in [0.15, 0.2) is 5.58 Å². The van der Waals surface area contributed by atoms with Crippen LogP contribution in [0.5, 0.6) is 0 Å². The summed E-state index contributed by atoms with van der Waals surface area (Å²) >= 11 is 14.4. The summed E-state index contributed by atoms with van der Waals surface area (Å²) in [4.78, 5) is 0. The van der Waals surface area contributed by atoms with Crippen LogP contribution in [0.1, 0.15) is 0 Å². The number of benzene rings is 20. The van der Waals surface area contributed by atoms with Crippen molar-refractivity contribution in [2.24, 2.45) is 0 Å². The van der Waals surface area contributed by atoms with Gasteiger partial charge < -0.3 is 35.9 Å². The molecule has 0 fully saturated rings. The van der Waals surface area contributed by atoms with Crippen LogP contribution >= 0.6 is 63.7 Å². The van der Waals surface area contributed by atoms with Crippen molar-refractivity contribution in [3.05, 3.63) is 455 Å². The molecule has 0 unspecified atom stereocenters. The molecule has 12 heteroatoms. The first-order valence-corrected chi connectivity index (χ1v) is 47.1. The summed E-state index contributed by atoms with van der Waals surface area (Å²) in [7, 11) is 0. The number of fused-ring (bicyclic) bond motifs is 24. The summed E-state index contributed by atoms with van der Waals surface area (Å²) < 4.78 is 38.6. The molecule has 0 radical (unpaired) electrons. The van der Waals surface area contributed by atoms with Crippen molar-refractivity contribution in [2.75, 3.05) is 0 Å². The highest BCUT2D eigenvalue weighted by molar-refractivity contribution is 9.11. The zero-order chi connectivity index (χ0) is 87.8. The standard InChI is InChI=1S/4C30H18BrNO/c31-21-8-5-7-19(17-21)20-15-16-27-25(18-20)22-9-1-3-12-26(22)32(27)28-13-6-11-24-23-10-2-4-14-29(23)33-30(24)28;31-21-8-5-7-19(17-21)20-15-16-26-24(18-20)22-9-1-3-11-25(22)32(26)27-12-6-14-29-30(27)23-10-2-4-13-28(23)33-29;31-21-7-5-6-19(16-21)20-12-15-28-26(17-20)23-8-1-3-10-27(23)32(28)22-13-14-25-24-9-2-4-11-29(24)33-30(25)18-22;31-21-7-5-6-19(16-21)20-12-14-28-25(17-20)23-8-1-3-10-27(23)32(28)22-13-15-30-26(18-22)24-9-2-4-11-29(24)33-30/h4*1-18H. The van der Waals surface area contributed by atoms with Gasteiger partial charge in [0, 0.05) is 116 Å². The Morgan fingerprint density at radius 2 is 0.439 bits per heavy atom. The Morgan fingerprint density at radius 3 is 0.902 bits per heavy atom. The largest absolute Gasteiger partial charge is 0.456 e. The van der Waals surface area contributed by atoms with Crippen molar-refractivity contribution in [3.8, 4) is 67.3 Å². The van der Waals surface area contributed by atoms with Crippen LogP contribution in [0.3, 0.4) is 0 Å². The molecule has 0 aliphatic carbocycles. The second kappa shape index (κ2) is 32.4. The third-order valence-electron chi connectivity index (χ3n) is 25.8. The third kappa shape index (κ3) is 13.6. The van der Waals surface area contributed by atoms with Crippen molar-refractivity contribution in [1.29, 1.82) is 0 Å². The molecule has 0 saturated heterocycles. The number of furan rings is 4. The number of para-hydroxylation sites is 9. The van der Waals surface area contributed by atoms with E-state index in [2.05, 4.69) is 470 Å². The van der Waals surface area contributed by atoms with Gasteiger partial charge in [0.1, 0.15) is 39.1 Å². The van der Waals surface area contributed by atoms with Gasteiger partial charge in [-0.05, 0) is 239 Å². The normalized spacial score (nSPS) is 11.8. The van der Waals surface area contributed by atoms with Crippen LogP contribution in [0, 0.1) is 0 Å². The van der Waals surface area contributed by atoms with Gasteiger partial charge in [-0.3, -0.25) is 0 Å². The maximum absolute atomic E-state index is 6.39. The predicted molar refractivity (Wildman–Crippen MR) is 565 cm³/mol. The first-order valence-electron chi connectivity index (χ1n) is 43.9. The van der Waals surface area contributed by atoms with E-state index in [9.17, 15) is 0 Å². The van der Waals surface area contributed by atoms with Crippen LogP contribution in [0.25, 0.3) is 242 Å². The van der Waals surface area contributed by atoms with Crippen LogP contribution in [0.2, 0.25) is 0 Å². The van der Waals surface area contributed by atoms with E-state index in [-0.39, 0.29) is 0 Å². The maximum Gasteiger partial charge on any atom is 0.159 e. The molecule has 0 atom stereocenters. The van der Waals surface area contributed by atoms with Crippen LogP contribution in [0.4, 0.5) is 0 Å². The lowest BCUT2D eigenvalue weighted by Gasteiger charge is -2.10. The number of rotatable bonds is 8. The summed E-state index contributed by atoms with van der Waals surface area (Å²) in [5.41, 5.74) is 30.9. The molecule has 0 saturated carbocycles. The number of aromatic nitrogens is 4. The molecule has 8 heterocycles. The average Bonchev–Trinajstić information content (AvgIpc) is 1.58. The highest BCUT2D eigenvalue weighted by Crippen LogP contribution is 2.46. The second-order valence-electron chi connectivity index (χ2n) is 33.4. The molecule has 0 aliphatic heterocycles. The minimum Gasteiger partial charge on any atom is -0.456 e. The molecule has 0 spiro atoms. The van der Waals surface area contributed by atoms with Crippen LogP contribution in [-0.4, -0.2) is 18.3 Å². The van der Waals surface area contributed by atoms with E-state index in [1.807, 2.05) is 48.5 Å². The molecular formula is C120H72Br4N4O4. The quantitative estimate of drug-likeness (QED) is 0.152. The minimum atomic E-state index is 0.908. The van der Waals surface area contributed by atoms with Crippen molar-refractivity contribution in [2.45, 2.75) is 0 Å². The Hall–Kier alpha value is -15.3. The summed E-state index contributed by atoms with van der Waals surface area (Å²) in [6, 6.07) is 154. The van der Waals surface area contributed by atoms with E-state index in [1.54, 1.807) is 0 Å². The van der Waals surface area contributed by atoms with E-state index in [0.717, 1.165) is 128 Å². The Kier molecular flexibility index (Phi) is 19.4. The SMILES string of the molecule is Brc1cccc(-c2ccc3c(c2)c2ccccc2n3-c2ccc3c(c2)oc2ccccc23)c1.Brc1cccc(-c2ccc3c(c2)c2ccccc2n3-c2ccc3oc4ccccc4c3c2)c1.Brc1cccc(-c2ccc3c(c2)c2ccccc2n3-c2cccc3c2oc2ccccc23)c1.Brc1cccc(-c2ccc3c(c2)c2ccccc2n3-c2cccc3oc4ccccc4c23)c1. The Morgan fingerprint density at radius 1 is 0.152 bits per heavy atom. The summed E-state index contributed by atoms with van der Waals surface area (Å²) in [6.07, 6.45) is 0. The molecule has 0 aliphatic rings. The highest BCUT2D eigenvalue weighted by atomic mass is 79.9. The van der Waals surface area contributed by atoms with E-state index in [0.29, 0.717) is 0 Å². The summed E-state index contributed by atoms with van der Waals surface area (Å²) in [5, 5.41) is 19.1. The van der Waals surface area contributed by atoms with Gasteiger partial charge >= 0.3 is 0 Å². The molecule has 28 aromatic rings. The molecule has 20 aromatic carbocycles. The molecular weight excluding hydrogens is 1880 g/mol. The fraction of sp³-hybridized carbons (Fsp3) is 0. The lowest BCUT2D eigenvalue weighted by atomic mass is 10.0. The number of hydrogen-bond acceptors (Lipinski definition) is 4. The maximum atomic E-state index is 6.39. The molecule has 8 nitrogen and oxygen atoms in total. The zero-order valence-electron chi connectivity index (χ0n) is 70.5. The van der Waals surface area contributed by atoms with E-state index in [1.165, 1.54) is 132 Å². The Labute approximate surface area is 789 Å². The number of hydrogen-bond donors (Lipinski definition) is 0. The zero-order valence-corrected chi connectivity index (χ0v) is 76.8. The van der Waals surface area contributed by atoms with Crippen LogP contribution in [0.15, 0.2) is 472 Å². The van der Waals surface area contributed by atoms with Gasteiger partial charge in [0.2, 0.25) is 0 Å². The minimum absolute atomic E-state index is 0.908. The van der Waals surface area contributed by atoms with Crippen molar-refractivity contribution in [3.63, 3.8) is 0 Å². The molecule has 132 heavy (non-hydrogen) atoms. The Balaban J connectivity index is 0.0000000945. The molecule has 624 valence electrons. The van der Waals surface area contributed by atoms with Gasteiger partial charge in [0.25, 0.3) is 0 Å². The lowest BCUT2D eigenvalue weighted by molar-refractivity contribution is 0.666. The molecule has 28 rings (SSSR count).